The van der Waals surface area contributed by atoms with Gasteiger partial charge in [0.2, 0.25) is 0 Å². The molecule has 2 unspecified atom stereocenters. The molecule has 1 amide bonds. The third-order valence-electron chi connectivity index (χ3n) is 4.75. The minimum atomic E-state index is -3.41. The van der Waals surface area contributed by atoms with Crippen LogP contribution in [0.4, 0.5) is 4.79 Å². The molecule has 0 spiro atoms. The molecule has 144 valence electrons. The summed E-state index contributed by atoms with van der Waals surface area (Å²) in [4.78, 5) is 19.5. The van der Waals surface area contributed by atoms with Crippen molar-refractivity contribution in [1.29, 1.82) is 0 Å². The minimum Gasteiger partial charge on any atom is -0.448 e. The molecule has 2 heterocycles. The molecular formula is C18H28N3O4P. The molecule has 0 aliphatic carbocycles. The van der Waals surface area contributed by atoms with Gasteiger partial charge in [0.25, 0.3) is 0 Å². The Bertz CT molecular complexity index is 696. The van der Waals surface area contributed by atoms with E-state index in [4.69, 9.17) is 9.57 Å². The maximum Gasteiger partial charge on any atom is 0.442 e. The van der Waals surface area contributed by atoms with Crippen molar-refractivity contribution in [1.82, 2.24) is 14.2 Å². The van der Waals surface area contributed by atoms with E-state index in [2.05, 4.69) is 0 Å². The number of carbonyl (C=O) groups excluding carboxylic acids is 1. The number of benzene rings is 1. The smallest absolute Gasteiger partial charge is 0.442 e. The van der Waals surface area contributed by atoms with Crippen LogP contribution in [-0.2, 0) is 20.7 Å². The van der Waals surface area contributed by atoms with Gasteiger partial charge in [-0.2, -0.15) is 0 Å². The van der Waals surface area contributed by atoms with Crippen LogP contribution in [0.3, 0.4) is 0 Å². The molecule has 1 aromatic carbocycles. The van der Waals surface area contributed by atoms with Crippen molar-refractivity contribution in [2.45, 2.75) is 52.3 Å². The first-order valence-corrected chi connectivity index (χ1v) is 10.5. The van der Waals surface area contributed by atoms with Crippen LogP contribution in [0.1, 0.15) is 40.2 Å². The second-order valence-corrected chi connectivity index (χ2v) is 10.3. The fraction of sp³-hybridized carbons (Fsp3) is 0.611. The lowest BCUT2D eigenvalue weighted by Crippen LogP contribution is -2.36. The monoisotopic (exact) mass is 381 g/mol. The second-order valence-electron chi connectivity index (χ2n) is 7.98. The van der Waals surface area contributed by atoms with E-state index in [9.17, 15) is 9.36 Å². The molecule has 0 bridgehead atoms. The van der Waals surface area contributed by atoms with E-state index in [0.29, 0.717) is 13.1 Å². The SMILES string of the molecule is CCOC(=O)N(OCc1ccccc1)P(=O)(N1CC1(C)C)N1CC1(C)C. The summed E-state index contributed by atoms with van der Waals surface area (Å²) < 4.78 is 23.0. The van der Waals surface area contributed by atoms with Crippen LogP contribution in [0.25, 0.3) is 0 Å². The highest BCUT2D eigenvalue weighted by atomic mass is 31.2. The summed E-state index contributed by atoms with van der Waals surface area (Å²) in [6.07, 6.45) is -0.711. The van der Waals surface area contributed by atoms with Gasteiger partial charge in [-0.1, -0.05) is 30.3 Å². The standard InChI is InChI=1S/C18H28N3O4P/c1-6-24-16(22)21(25-12-15-10-8-7-9-11-15)26(23,19-13-17(19,2)3)20-14-18(20,4)5/h7-11H,6,12-14H2,1-5H3. The van der Waals surface area contributed by atoms with Gasteiger partial charge in [-0.05, 0) is 40.2 Å². The Hall–Kier alpha value is -1.40. The number of hydrogen-bond donors (Lipinski definition) is 0. The Kier molecular flexibility index (Phi) is 4.95. The summed E-state index contributed by atoms with van der Waals surface area (Å²) in [6, 6.07) is 9.50. The fourth-order valence-corrected chi connectivity index (χ4v) is 6.60. The highest BCUT2D eigenvalue weighted by Crippen LogP contribution is 2.71. The Morgan fingerprint density at radius 3 is 2.04 bits per heavy atom. The van der Waals surface area contributed by atoms with E-state index < -0.39 is 13.7 Å². The van der Waals surface area contributed by atoms with Crippen molar-refractivity contribution in [3.05, 3.63) is 35.9 Å². The molecule has 2 saturated heterocycles. The molecule has 26 heavy (non-hydrogen) atoms. The molecular weight excluding hydrogens is 353 g/mol. The lowest BCUT2D eigenvalue weighted by molar-refractivity contribution is -0.0901. The Labute approximate surface area is 155 Å². The fourth-order valence-electron chi connectivity index (χ4n) is 3.00. The van der Waals surface area contributed by atoms with E-state index in [-0.39, 0.29) is 24.3 Å². The van der Waals surface area contributed by atoms with E-state index in [0.717, 1.165) is 10.4 Å². The van der Waals surface area contributed by atoms with Gasteiger partial charge in [0, 0.05) is 24.2 Å². The lowest BCUT2D eigenvalue weighted by atomic mass is 10.2. The third-order valence-corrected chi connectivity index (χ3v) is 8.13. The number of amides is 1. The van der Waals surface area contributed by atoms with Gasteiger partial charge in [-0.15, -0.1) is 4.83 Å². The van der Waals surface area contributed by atoms with Gasteiger partial charge in [0.05, 0.1) is 6.61 Å². The topological polar surface area (TPSA) is 61.9 Å². The predicted octanol–water partition coefficient (Wildman–Crippen LogP) is 3.87. The van der Waals surface area contributed by atoms with Gasteiger partial charge < -0.3 is 4.74 Å². The van der Waals surface area contributed by atoms with Crippen molar-refractivity contribution in [3.8, 4) is 0 Å². The number of carbonyl (C=O) groups is 1. The Morgan fingerprint density at radius 2 is 1.62 bits per heavy atom. The van der Waals surface area contributed by atoms with Crippen LogP contribution in [0.15, 0.2) is 30.3 Å². The van der Waals surface area contributed by atoms with Gasteiger partial charge in [-0.3, -0.25) is 9.40 Å². The quantitative estimate of drug-likeness (QED) is 0.406. The second kappa shape index (κ2) is 6.64. The van der Waals surface area contributed by atoms with E-state index in [1.165, 1.54) is 0 Å². The summed E-state index contributed by atoms with van der Waals surface area (Å²) >= 11 is 0. The molecule has 7 nitrogen and oxygen atoms in total. The molecule has 8 heteroatoms. The minimum absolute atomic E-state index is 0.145. The zero-order chi connectivity index (χ0) is 19.2. The molecule has 2 atom stereocenters. The van der Waals surface area contributed by atoms with Gasteiger partial charge in [0.1, 0.15) is 6.61 Å². The molecule has 2 aliphatic rings. The molecule has 2 fully saturated rings. The molecule has 3 rings (SSSR count). The van der Waals surface area contributed by atoms with Crippen molar-refractivity contribution >= 4 is 13.7 Å². The van der Waals surface area contributed by atoms with E-state index in [1.54, 1.807) is 6.92 Å². The first-order valence-electron chi connectivity index (χ1n) is 8.93. The molecule has 1 aromatic rings. The van der Waals surface area contributed by atoms with E-state index >= 15 is 0 Å². The molecule has 0 radical (unpaired) electrons. The van der Waals surface area contributed by atoms with Crippen molar-refractivity contribution < 1.29 is 18.9 Å². The average Bonchev–Trinajstić information content (AvgIpc) is 3.43. The van der Waals surface area contributed by atoms with Crippen molar-refractivity contribution in [2.75, 3.05) is 19.7 Å². The van der Waals surface area contributed by atoms with Crippen LogP contribution in [0, 0.1) is 0 Å². The Balaban J connectivity index is 1.89. The Morgan fingerprint density at radius 1 is 1.12 bits per heavy atom. The zero-order valence-corrected chi connectivity index (χ0v) is 17.0. The van der Waals surface area contributed by atoms with E-state index in [1.807, 2.05) is 67.4 Å². The lowest BCUT2D eigenvalue weighted by Gasteiger charge is -2.33. The van der Waals surface area contributed by atoms with Gasteiger partial charge in [0.15, 0.2) is 0 Å². The van der Waals surface area contributed by atoms with Gasteiger partial charge in [-0.25, -0.2) is 14.1 Å². The van der Waals surface area contributed by atoms with Crippen LogP contribution in [0.5, 0.6) is 0 Å². The maximum atomic E-state index is 14.2. The molecule has 0 saturated carbocycles. The normalized spacial score (nSPS) is 27.3. The number of ether oxygens (including phenoxy) is 1. The molecule has 0 N–H and O–H groups in total. The highest BCUT2D eigenvalue weighted by Gasteiger charge is 2.68. The first kappa shape index (κ1) is 19.4. The van der Waals surface area contributed by atoms with Crippen LogP contribution >= 0.6 is 7.59 Å². The van der Waals surface area contributed by atoms with Crippen LogP contribution in [-0.4, -0.2) is 51.0 Å². The summed E-state index contributed by atoms with van der Waals surface area (Å²) in [5.74, 6) is 0. The number of rotatable bonds is 7. The number of nitrogens with zero attached hydrogens (tertiary/aromatic N) is 3. The zero-order valence-electron chi connectivity index (χ0n) is 16.1. The molecule has 2 aliphatic heterocycles. The first-order chi connectivity index (χ1) is 12.1. The number of hydroxylamine groups is 1. The summed E-state index contributed by atoms with van der Waals surface area (Å²) in [6.45, 7) is 11.4. The predicted molar refractivity (Wildman–Crippen MR) is 99.3 cm³/mol. The number of hydrogen-bond acceptors (Lipinski definition) is 4. The van der Waals surface area contributed by atoms with Gasteiger partial charge >= 0.3 is 13.7 Å². The average molecular weight is 381 g/mol. The maximum absolute atomic E-state index is 14.2. The third kappa shape index (κ3) is 3.54. The van der Waals surface area contributed by atoms with Crippen molar-refractivity contribution in [3.63, 3.8) is 0 Å². The highest BCUT2D eigenvalue weighted by molar-refractivity contribution is 7.57. The van der Waals surface area contributed by atoms with Crippen LogP contribution < -0.4 is 0 Å². The summed E-state index contributed by atoms with van der Waals surface area (Å²) in [5, 5.41) is 0. The van der Waals surface area contributed by atoms with Crippen LogP contribution in [0.2, 0.25) is 0 Å². The largest absolute Gasteiger partial charge is 0.448 e. The van der Waals surface area contributed by atoms with Crippen molar-refractivity contribution in [2.24, 2.45) is 0 Å². The summed E-state index contributed by atoms with van der Waals surface area (Å²) in [7, 11) is -3.41. The summed E-state index contributed by atoms with van der Waals surface area (Å²) in [5.41, 5.74) is 0.410. The molecule has 0 aromatic heterocycles.